The SMILES string of the molecule is CCCCCCCCCCCC(=O)NCc1ccc(OP(=O)(O)OC)cc1. The molecule has 0 heterocycles. The quantitative estimate of drug-likeness (QED) is 0.307. The van der Waals surface area contributed by atoms with E-state index in [0.717, 1.165) is 25.5 Å². The Hall–Kier alpha value is -1.36. The molecule has 1 rings (SSSR count). The van der Waals surface area contributed by atoms with Crippen LogP contribution in [0.5, 0.6) is 5.75 Å². The predicted octanol–water partition coefficient (Wildman–Crippen LogP) is 5.35. The highest BCUT2D eigenvalue weighted by atomic mass is 31.2. The molecule has 0 saturated heterocycles. The van der Waals surface area contributed by atoms with Crippen molar-refractivity contribution < 1.29 is 23.3 Å². The summed E-state index contributed by atoms with van der Waals surface area (Å²) in [6.45, 7) is 2.66. The molecule has 7 heteroatoms. The number of phosphoric ester groups is 1. The minimum absolute atomic E-state index is 0.0533. The lowest BCUT2D eigenvalue weighted by Gasteiger charge is -2.11. The van der Waals surface area contributed by atoms with Gasteiger partial charge in [0.05, 0.1) is 0 Å². The third-order valence-corrected chi connectivity index (χ3v) is 5.27. The molecule has 27 heavy (non-hydrogen) atoms. The smallest absolute Gasteiger partial charge is 0.404 e. The molecule has 0 aliphatic heterocycles. The molecule has 0 spiro atoms. The van der Waals surface area contributed by atoms with Crippen LogP contribution in [0, 0.1) is 0 Å². The van der Waals surface area contributed by atoms with Gasteiger partial charge in [-0.2, -0.15) is 0 Å². The van der Waals surface area contributed by atoms with Gasteiger partial charge >= 0.3 is 7.82 Å². The van der Waals surface area contributed by atoms with Crippen LogP contribution in [-0.2, 0) is 20.4 Å². The maximum atomic E-state index is 11.9. The molecule has 0 aliphatic rings. The van der Waals surface area contributed by atoms with Gasteiger partial charge in [-0.1, -0.05) is 70.4 Å². The maximum Gasteiger partial charge on any atom is 0.527 e. The molecule has 0 aliphatic carbocycles. The van der Waals surface area contributed by atoms with Crippen molar-refractivity contribution in [3.8, 4) is 5.75 Å². The molecule has 6 nitrogen and oxygen atoms in total. The first-order chi connectivity index (χ1) is 13.0. The topological polar surface area (TPSA) is 84.9 Å². The third kappa shape index (κ3) is 11.9. The van der Waals surface area contributed by atoms with Gasteiger partial charge < -0.3 is 9.84 Å². The minimum Gasteiger partial charge on any atom is -0.404 e. The average Bonchev–Trinajstić information content (AvgIpc) is 2.66. The Balaban J connectivity index is 2.11. The highest BCUT2D eigenvalue weighted by molar-refractivity contribution is 7.47. The summed E-state index contributed by atoms with van der Waals surface area (Å²) in [7, 11) is -2.93. The molecule has 154 valence electrons. The zero-order valence-electron chi connectivity index (χ0n) is 16.6. The van der Waals surface area contributed by atoms with Crippen LogP contribution in [0.2, 0.25) is 0 Å². The van der Waals surface area contributed by atoms with Gasteiger partial charge in [-0.25, -0.2) is 4.57 Å². The summed E-state index contributed by atoms with van der Waals surface area (Å²) in [5.74, 6) is 0.296. The van der Waals surface area contributed by atoms with Crippen molar-refractivity contribution in [2.45, 2.75) is 77.7 Å². The number of nitrogens with one attached hydrogen (secondary N) is 1. The molecule has 1 amide bonds. The molecule has 2 N–H and O–H groups in total. The molecule has 0 aromatic heterocycles. The second-order valence-corrected chi connectivity index (χ2v) is 8.23. The summed E-state index contributed by atoms with van der Waals surface area (Å²) in [5.41, 5.74) is 0.896. The number of benzene rings is 1. The van der Waals surface area contributed by atoms with Crippen LogP contribution in [0.15, 0.2) is 24.3 Å². The largest absolute Gasteiger partial charge is 0.527 e. The van der Waals surface area contributed by atoms with E-state index in [2.05, 4.69) is 16.8 Å². The minimum atomic E-state index is -4.04. The van der Waals surface area contributed by atoms with E-state index >= 15 is 0 Å². The molecule has 1 atom stereocenters. The molecular weight excluding hydrogens is 365 g/mol. The zero-order chi connectivity index (χ0) is 20.0. The Morgan fingerprint density at radius 3 is 2.11 bits per heavy atom. The van der Waals surface area contributed by atoms with Crippen molar-refractivity contribution in [1.82, 2.24) is 5.32 Å². The van der Waals surface area contributed by atoms with Crippen LogP contribution in [0.25, 0.3) is 0 Å². The Morgan fingerprint density at radius 1 is 1.00 bits per heavy atom. The van der Waals surface area contributed by atoms with E-state index in [1.807, 2.05) is 0 Å². The molecule has 0 fully saturated rings. The first kappa shape index (κ1) is 23.7. The standard InChI is InChI=1S/C20H34NO5P/c1-3-4-5-6-7-8-9-10-11-12-20(22)21-17-18-13-15-19(16-14-18)26-27(23,24)25-2/h13-16H,3-12,17H2,1-2H3,(H,21,22)(H,23,24). The van der Waals surface area contributed by atoms with E-state index in [0.29, 0.717) is 13.0 Å². The van der Waals surface area contributed by atoms with E-state index in [1.54, 1.807) is 24.3 Å². The fourth-order valence-electron chi connectivity index (χ4n) is 2.72. The van der Waals surface area contributed by atoms with Gasteiger partial charge in [0, 0.05) is 20.1 Å². The van der Waals surface area contributed by atoms with Crippen LogP contribution >= 0.6 is 7.82 Å². The number of carbonyl (C=O) groups is 1. The van der Waals surface area contributed by atoms with Crippen LogP contribution in [0.4, 0.5) is 0 Å². The monoisotopic (exact) mass is 399 g/mol. The van der Waals surface area contributed by atoms with Crippen LogP contribution in [0.1, 0.15) is 76.7 Å². The van der Waals surface area contributed by atoms with Crippen molar-refractivity contribution in [2.24, 2.45) is 0 Å². The Kier molecular flexibility index (Phi) is 12.1. The van der Waals surface area contributed by atoms with Crippen LogP contribution in [0.3, 0.4) is 0 Å². The van der Waals surface area contributed by atoms with E-state index in [9.17, 15) is 14.3 Å². The molecule has 0 saturated carbocycles. The lowest BCUT2D eigenvalue weighted by molar-refractivity contribution is -0.121. The fourth-order valence-corrected chi connectivity index (χ4v) is 3.19. The second kappa shape index (κ2) is 13.8. The summed E-state index contributed by atoms with van der Waals surface area (Å²) in [4.78, 5) is 21.2. The number of rotatable bonds is 15. The number of hydrogen-bond acceptors (Lipinski definition) is 4. The summed E-state index contributed by atoms with van der Waals surface area (Å²) in [6, 6.07) is 6.63. The van der Waals surface area contributed by atoms with Gasteiger partial charge in [-0.3, -0.25) is 14.2 Å². The van der Waals surface area contributed by atoms with Crippen molar-refractivity contribution in [3.05, 3.63) is 29.8 Å². The predicted molar refractivity (Wildman–Crippen MR) is 108 cm³/mol. The van der Waals surface area contributed by atoms with Gasteiger partial charge in [-0.05, 0) is 24.1 Å². The van der Waals surface area contributed by atoms with Crippen molar-refractivity contribution in [1.29, 1.82) is 0 Å². The first-order valence-electron chi connectivity index (χ1n) is 9.90. The van der Waals surface area contributed by atoms with Crippen molar-refractivity contribution >= 4 is 13.7 Å². The number of unbranched alkanes of at least 4 members (excludes halogenated alkanes) is 8. The molecule has 1 aromatic rings. The van der Waals surface area contributed by atoms with Gasteiger partial charge in [0.2, 0.25) is 5.91 Å². The number of hydrogen-bond donors (Lipinski definition) is 2. The number of phosphoric acid groups is 1. The third-order valence-electron chi connectivity index (χ3n) is 4.37. The Morgan fingerprint density at radius 2 is 1.56 bits per heavy atom. The summed E-state index contributed by atoms with van der Waals surface area (Å²) >= 11 is 0. The molecule has 1 unspecified atom stereocenters. The van der Waals surface area contributed by atoms with E-state index in [1.165, 1.54) is 44.9 Å². The van der Waals surface area contributed by atoms with Gasteiger partial charge in [0.25, 0.3) is 0 Å². The summed E-state index contributed by atoms with van der Waals surface area (Å²) in [5, 5.41) is 2.89. The van der Waals surface area contributed by atoms with Gasteiger partial charge in [-0.15, -0.1) is 0 Å². The van der Waals surface area contributed by atoms with Gasteiger partial charge in [0.15, 0.2) is 0 Å². The molecule has 1 aromatic carbocycles. The first-order valence-corrected chi connectivity index (χ1v) is 11.4. The summed E-state index contributed by atoms with van der Waals surface area (Å²) in [6.07, 6.45) is 11.7. The Bertz CT molecular complexity index is 576. The van der Waals surface area contributed by atoms with Crippen molar-refractivity contribution in [2.75, 3.05) is 7.11 Å². The maximum absolute atomic E-state index is 11.9. The van der Waals surface area contributed by atoms with Crippen LogP contribution < -0.4 is 9.84 Å². The normalized spacial score (nSPS) is 13.1. The molecule has 0 radical (unpaired) electrons. The highest BCUT2D eigenvalue weighted by Crippen LogP contribution is 2.42. The lowest BCUT2D eigenvalue weighted by Crippen LogP contribution is -2.22. The van der Waals surface area contributed by atoms with Crippen molar-refractivity contribution in [3.63, 3.8) is 0 Å². The van der Waals surface area contributed by atoms with E-state index in [-0.39, 0.29) is 11.7 Å². The molecular formula is C20H34NO5P. The molecule has 0 bridgehead atoms. The number of carbonyl (C=O) groups excluding carboxylic acids is 1. The Labute approximate surface area is 163 Å². The lowest BCUT2D eigenvalue weighted by atomic mass is 10.1. The highest BCUT2D eigenvalue weighted by Gasteiger charge is 2.19. The zero-order valence-corrected chi connectivity index (χ0v) is 17.5. The van der Waals surface area contributed by atoms with Gasteiger partial charge in [0.1, 0.15) is 5.75 Å². The van der Waals surface area contributed by atoms with E-state index < -0.39 is 7.82 Å². The van der Waals surface area contributed by atoms with E-state index in [4.69, 9.17) is 4.52 Å². The summed E-state index contributed by atoms with van der Waals surface area (Å²) < 4.78 is 20.5. The number of amides is 1. The fraction of sp³-hybridized carbons (Fsp3) is 0.650. The second-order valence-electron chi connectivity index (χ2n) is 6.74. The average molecular weight is 399 g/mol. The van der Waals surface area contributed by atoms with Crippen LogP contribution in [-0.4, -0.2) is 17.9 Å².